The van der Waals surface area contributed by atoms with Crippen molar-refractivity contribution in [3.63, 3.8) is 0 Å². The quantitative estimate of drug-likeness (QED) is 0.0787. The van der Waals surface area contributed by atoms with E-state index in [2.05, 4.69) is 69.8 Å². The number of fused-ring (bicyclic) bond motifs is 4. The van der Waals surface area contributed by atoms with Gasteiger partial charge < -0.3 is 33.8 Å². The maximum Gasteiger partial charge on any atom is 0.302 e. The SMILES string of the molecule is CCSc1ccccc1NC.CCl.COC(C)=O.COc1ccc2oc(C)cc2c1.Cc1cc2c3c(cc(OC=O)c2[nH]1)N(C)CC3. The number of para-hydroxylation sites is 1. The van der Waals surface area contributed by atoms with Crippen LogP contribution in [0.1, 0.15) is 30.9 Å². The molecule has 1 aliphatic heterocycles. The highest BCUT2D eigenvalue weighted by molar-refractivity contribution is 7.99. The van der Waals surface area contributed by atoms with Gasteiger partial charge in [0.1, 0.15) is 17.1 Å². The van der Waals surface area contributed by atoms with Crippen LogP contribution in [0.25, 0.3) is 21.9 Å². The van der Waals surface area contributed by atoms with E-state index in [1.807, 2.05) is 69.1 Å². The lowest BCUT2D eigenvalue weighted by Gasteiger charge is -2.13. The second-order valence-electron chi connectivity index (χ2n) is 10.1. The molecule has 1 aliphatic rings. The number of halogens is 1. The molecule has 0 saturated heterocycles. The van der Waals surface area contributed by atoms with E-state index < -0.39 is 0 Å². The number of rotatable bonds is 6. The van der Waals surface area contributed by atoms with Crippen molar-refractivity contribution in [3.05, 3.63) is 77.7 Å². The van der Waals surface area contributed by atoms with Gasteiger partial charge in [-0.15, -0.1) is 23.4 Å². The fraction of sp³-hybridized carbons (Fsp3) is 0.333. The molecule has 5 aromatic rings. The molecule has 9 nitrogen and oxygen atoms in total. The van der Waals surface area contributed by atoms with Crippen LogP contribution in [0.5, 0.6) is 11.5 Å². The smallest absolute Gasteiger partial charge is 0.302 e. The number of nitrogens with zero attached hydrogens (tertiary/aromatic N) is 1. The van der Waals surface area contributed by atoms with Crippen molar-refractivity contribution < 1.29 is 28.2 Å². The summed E-state index contributed by atoms with van der Waals surface area (Å²) in [6.45, 7) is 8.96. The highest BCUT2D eigenvalue weighted by Crippen LogP contribution is 2.39. The Kier molecular flexibility index (Phi) is 16.6. The third kappa shape index (κ3) is 11.2. The summed E-state index contributed by atoms with van der Waals surface area (Å²) in [6, 6.07) is 20.2. The van der Waals surface area contributed by atoms with Crippen molar-refractivity contribution in [3.8, 4) is 11.5 Å². The molecule has 6 rings (SSSR count). The van der Waals surface area contributed by atoms with Gasteiger partial charge in [-0.05, 0) is 74.0 Å². The molecule has 3 aromatic carbocycles. The highest BCUT2D eigenvalue weighted by atomic mass is 35.5. The van der Waals surface area contributed by atoms with Crippen LogP contribution in [-0.2, 0) is 20.7 Å². The molecular weight excluding hydrogens is 638 g/mol. The summed E-state index contributed by atoms with van der Waals surface area (Å²) >= 11 is 6.50. The number of hydrogen-bond donors (Lipinski definition) is 2. The lowest BCUT2D eigenvalue weighted by atomic mass is 10.1. The standard InChI is InChI=1S/C13H14N2O2.C10H10O2.C9H13NS.C3H6O2.CH3Cl/c1-8-5-10-9-3-4-15(2)11(9)6-12(17-7-16)13(10)14-8;1-7-5-8-6-9(11-2)3-4-10(8)12-7;1-3-11-9-7-5-4-6-8(9)10-2;1-3(4)5-2;1-2/h5-7,14H,3-4H2,1-2H3;3-6H,1-2H3;4-7,10H,3H2,1-2H3;1-2H3;1H3. The van der Waals surface area contributed by atoms with Gasteiger partial charge in [-0.3, -0.25) is 9.59 Å². The number of aryl methyl sites for hydroxylation is 2. The molecule has 0 bridgehead atoms. The summed E-state index contributed by atoms with van der Waals surface area (Å²) in [4.78, 5) is 26.9. The van der Waals surface area contributed by atoms with Gasteiger partial charge in [-0.2, -0.15) is 0 Å². The Labute approximate surface area is 286 Å². The number of ether oxygens (including phenoxy) is 3. The van der Waals surface area contributed by atoms with Crippen LogP contribution >= 0.6 is 23.4 Å². The third-order valence-corrected chi connectivity index (χ3v) is 7.93. The first-order valence-electron chi connectivity index (χ1n) is 15.0. The normalized spacial score (nSPS) is 10.9. The molecule has 0 amide bonds. The molecule has 0 radical (unpaired) electrons. The molecule has 0 spiro atoms. The number of methoxy groups -OCH3 is 2. The van der Waals surface area contributed by atoms with E-state index in [-0.39, 0.29) is 5.97 Å². The van der Waals surface area contributed by atoms with Crippen molar-refractivity contribution in [2.24, 2.45) is 0 Å². The van der Waals surface area contributed by atoms with Crippen LogP contribution in [0.2, 0.25) is 0 Å². The number of nitrogens with one attached hydrogen (secondary N) is 2. The van der Waals surface area contributed by atoms with Crippen LogP contribution in [0.3, 0.4) is 0 Å². The fourth-order valence-corrected chi connectivity index (χ4v) is 5.64. The topological polar surface area (TPSA) is 106 Å². The van der Waals surface area contributed by atoms with E-state index in [1.54, 1.807) is 7.11 Å². The molecule has 11 heteroatoms. The average Bonchev–Trinajstić information content (AvgIpc) is 3.78. The Morgan fingerprint density at radius 2 is 1.81 bits per heavy atom. The fourth-order valence-electron chi connectivity index (χ4n) is 4.83. The van der Waals surface area contributed by atoms with Gasteiger partial charge in [0.15, 0.2) is 5.75 Å². The summed E-state index contributed by atoms with van der Waals surface area (Å²) in [5, 5.41) is 5.42. The van der Waals surface area contributed by atoms with E-state index in [9.17, 15) is 9.59 Å². The number of aromatic amines is 1. The molecule has 0 unspecified atom stereocenters. The van der Waals surface area contributed by atoms with Gasteiger partial charge in [-0.1, -0.05) is 19.1 Å². The molecule has 2 N–H and O–H groups in total. The number of alkyl halides is 1. The second-order valence-corrected chi connectivity index (χ2v) is 11.4. The van der Waals surface area contributed by atoms with Gasteiger partial charge in [-0.25, -0.2) is 0 Å². The number of esters is 1. The van der Waals surface area contributed by atoms with Crippen LogP contribution in [0.4, 0.5) is 11.4 Å². The molecule has 254 valence electrons. The Balaban J connectivity index is 0.000000228. The van der Waals surface area contributed by atoms with E-state index in [0.29, 0.717) is 12.2 Å². The van der Waals surface area contributed by atoms with Crippen LogP contribution in [0.15, 0.2) is 70.0 Å². The summed E-state index contributed by atoms with van der Waals surface area (Å²) in [6.07, 6.45) is 2.51. The molecule has 0 aliphatic carbocycles. The van der Waals surface area contributed by atoms with E-state index in [1.165, 1.54) is 41.9 Å². The minimum atomic E-state index is -0.245. The molecule has 0 saturated carbocycles. The Morgan fingerprint density at radius 3 is 2.43 bits per heavy atom. The molecular formula is C36H46ClN3O6S. The Hall–Kier alpha value is -4.28. The second kappa shape index (κ2) is 20.1. The van der Waals surface area contributed by atoms with Crippen molar-refractivity contribution in [1.29, 1.82) is 0 Å². The summed E-state index contributed by atoms with van der Waals surface area (Å²) in [5.41, 5.74) is 6.63. The maximum atomic E-state index is 10.6. The number of carbonyl (C=O) groups is 2. The van der Waals surface area contributed by atoms with Crippen LogP contribution in [-0.4, -0.2) is 64.4 Å². The van der Waals surface area contributed by atoms with Gasteiger partial charge in [0, 0.05) is 72.7 Å². The lowest BCUT2D eigenvalue weighted by Crippen LogP contribution is -2.12. The first kappa shape index (κ1) is 38.9. The molecule has 0 fully saturated rings. The van der Waals surface area contributed by atoms with Crippen molar-refractivity contribution in [2.75, 3.05) is 57.2 Å². The molecule has 3 heterocycles. The Bertz CT molecular complexity index is 1720. The first-order chi connectivity index (χ1) is 22.6. The molecule has 2 aromatic heterocycles. The summed E-state index contributed by atoms with van der Waals surface area (Å²) in [5.74, 6) is 3.28. The minimum absolute atomic E-state index is 0.245. The van der Waals surface area contributed by atoms with E-state index in [0.717, 1.165) is 58.1 Å². The largest absolute Gasteiger partial charge is 0.497 e. The number of carbonyl (C=O) groups excluding carboxylic acids is 2. The van der Waals surface area contributed by atoms with E-state index in [4.69, 9.17) is 13.9 Å². The van der Waals surface area contributed by atoms with Crippen LogP contribution in [0, 0.1) is 13.8 Å². The molecule has 0 atom stereocenters. The van der Waals surface area contributed by atoms with Crippen molar-refractivity contribution in [2.45, 2.75) is 39.0 Å². The number of furan rings is 1. The molecule has 47 heavy (non-hydrogen) atoms. The third-order valence-electron chi connectivity index (χ3n) is 6.97. The monoisotopic (exact) mass is 683 g/mol. The van der Waals surface area contributed by atoms with Gasteiger partial charge in [0.2, 0.25) is 0 Å². The summed E-state index contributed by atoms with van der Waals surface area (Å²) < 4.78 is 19.7. The number of H-pyrrole nitrogens is 1. The zero-order chi connectivity index (χ0) is 34.9. The van der Waals surface area contributed by atoms with Crippen molar-refractivity contribution in [1.82, 2.24) is 4.98 Å². The highest BCUT2D eigenvalue weighted by Gasteiger charge is 2.22. The zero-order valence-electron chi connectivity index (χ0n) is 28.7. The average molecular weight is 684 g/mol. The minimum Gasteiger partial charge on any atom is -0.497 e. The van der Waals surface area contributed by atoms with Crippen LogP contribution < -0.4 is 19.7 Å². The number of likely N-dealkylation sites (N-methyl/N-ethyl adjacent to an activating group) is 1. The summed E-state index contributed by atoms with van der Waals surface area (Å²) in [7, 11) is 7.02. The van der Waals surface area contributed by atoms with Gasteiger partial charge in [0.25, 0.3) is 6.47 Å². The van der Waals surface area contributed by atoms with E-state index >= 15 is 0 Å². The number of aromatic nitrogens is 1. The zero-order valence-corrected chi connectivity index (χ0v) is 30.2. The van der Waals surface area contributed by atoms with Crippen molar-refractivity contribution >= 4 is 69.1 Å². The van der Waals surface area contributed by atoms with Gasteiger partial charge >= 0.3 is 5.97 Å². The first-order valence-corrected chi connectivity index (χ1v) is 16.7. The number of hydrogen-bond acceptors (Lipinski definition) is 9. The Morgan fingerprint density at radius 1 is 1.11 bits per heavy atom. The number of benzene rings is 3. The number of thioether (sulfide) groups is 1. The maximum absolute atomic E-state index is 10.6. The number of anilines is 2. The predicted molar refractivity (Wildman–Crippen MR) is 196 cm³/mol. The lowest BCUT2D eigenvalue weighted by molar-refractivity contribution is -0.138. The van der Waals surface area contributed by atoms with Gasteiger partial charge in [0.05, 0.1) is 19.7 Å². The predicted octanol–water partition coefficient (Wildman–Crippen LogP) is 8.63.